The number of nitrogens with zero attached hydrogens (tertiary/aromatic N) is 2. The number of carbonyl (C=O) groups excluding carboxylic acids is 3. The highest BCUT2D eigenvalue weighted by Gasteiger charge is 2.44. The van der Waals surface area contributed by atoms with Crippen LogP contribution in [-0.2, 0) is 32.1 Å². The molecule has 0 aliphatic carbocycles. The molecule has 1 saturated heterocycles. The van der Waals surface area contributed by atoms with Gasteiger partial charge in [0.15, 0.2) is 11.5 Å². The van der Waals surface area contributed by atoms with E-state index >= 15 is 0 Å². The van der Waals surface area contributed by atoms with Crippen molar-refractivity contribution in [1.82, 2.24) is 9.80 Å². The minimum Gasteiger partial charge on any atom is -0.490 e. The molecule has 10 heteroatoms. The van der Waals surface area contributed by atoms with Crippen molar-refractivity contribution < 1.29 is 38.1 Å². The fourth-order valence-corrected chi connectivity index (χ4v) is 4.22. The van der Waals surface area contributed by atoms with E-state index in [0.717, 1.165) is 17.5 Å². The molecule has 0 aromatic heterocycles. The Bertz CT molecular complexity index is 941. The number of hydrogen-bond acceptors (Lipinski definition) is 8. The number of methoxy groups -OCH3 is 1. The van der Waals surface area contributed by atoms with Crippen LogP contribution in [0.3, 0.4) is 0 Å². The molecule has 0 spiro atoms. The van der Waals surface area contributed by atoms with Gasteiger partial charge in [-0.2, -0.15) is 0 Å². The van der Waals surface area contributed by atoms with Gasteiger partial charge >= 0.3 is 18.2 Å². The second kappa shape index (κ2) is 8.99. The Kier molecular flexibility index (Phi) is 6.27. The Hall–Kier alpha value is -3.17. The van der Waals surface area contributed by atoms with Crippen molar-refractivity contribution in [3.8, 4) is 11.5 Å². The van der Waals surface area contributed by atoms with E-state index in [0.29, 0.717) is 37.8 Å². The number of fused-ring (bicyclic) bond motifs is 3. The van der Waals surface area contributed by atoms with Crippen molar-refractivity contribution in [2.75, 3.05) is 26.9 Å². The monoisotopic (exact) mass is 462 g/mol. The molecule has 2 amide bonds. The number of rotatable bonds is 2. The second-order valence-electron chi connectivity index (χ2n) is 9.35. The van der Waals surface area contributed by atoms with Gasteiger partial charge in [-0.15, -0.1) is 0 Å². The zero-order valence-electron chi connectivity index (χ0n) is 19.4. The van der Waals surface area contributed by atoms with Gasteiger partial charge < -0.3 is 23.7 Å². The van der Waals surface area contributed by atoms with Crippen molar-refractivity contribution in [1.29, 1.82) is 0 Å². The number of esters is 1. The first-order chi connectivity index (χ1) is 15.7. The third kappa shape index (κ3) is 4.94. The van der Waals surface area contributed by atoms with Crippen LogP contribution in [-0.4, -0.2) is 72.6 Å². The maximum absolute atomic E-state index is 12.9. The van der Waals surface area contributed by atoms with E-state index in [1.807, 2.05) is 12.1 Å². The summed E-state index contributed by atoms with van der Waals surface area (Å²) in [7, 11) is 1.26. The Morgan fingerprint density at radius 3 is 2.55 bits per heavy atom. The SMILES string of the molecule is COC(=O)[C@@H]1C[C@@H](OC(=O)N2Cc3ccc4c(c3C2)OCCCO4)CN1C(=O)OC(C)(C)C. The zero-order valence-corrected chi connectivity index (χ0v) is 19.4. The molecule has 180 valence electrons. The van der Waals surface area contributed by atoms with Crippen molar-refractivity contribution in [2.45, 2.75) is 64.4 Å². The summed E-state index contributed by atoms with van der Waals surface area (Å²) in [5.74, 6) is 0.794. The number of amides is 2. The second-order valence-corrected chi connectivity index (χ2v) is 9.35. The number of carbonyl (C=O) groups is 3. The van der Waals surface area contributed by atoms with Crippen LogP contribution in [0.1, 0.15) is 44.7 Å². The predicted molar refractivity (Wildman–Crippen MR) is 115 cm³/mol. The van der Waals surface area contributed by atoms with E-state index in [1.54, 1.807) is 25.7 Å². The molecule has 2 atom stereocenters. The molecule has 0 N–H and O–H groups in total. The Morgan fingerprint density at radius 1 is 1.06 bits per heavy atom. The van der Waals surface area contributed by atoms with Gasteiger partial charge in [-0.25, -0.2) is 14.4 Å². The van der Waals surface area contributed by atoms with E-state index in [2.05, 4.69) is 0 Å². The van der Waals surface area contributed by atoms with E-state index in [1.165, 1.54) is 12.0 Å². The van der Waals surface area contributed by atoms with Crippen molar-refractivity contribution in [3.05, 3.63) is 23.3 Å². The molecular formula is C23H30N2O8. The number of ether oxygens (including phenoxy) is 5. The maximum Gasteiger partial charge on any atom is 0.411 e. The largest absolute Gasteiger partial charge is 0.490 e. The smallest absolute Gasteiger partial charge is 0.411 e. The van der Waals surface area contributed by atoms with E-state index in [-0.39, 0.29) is 13.0 Å². The molecule has 33 heavy (non-hydrogen) atoms. The van der Waals surface area contributed by atoms with Crippen LogP contribution < -0.4 is 9.47 Å². The lowest BCUT2D eigenvalue weighted by molar-refractivity contribution is -0.145. The average molecular weight is 462 g/mol. The first-order valence-corrected chi connectivity index (χ1v) is 11.1. The van der Waals surface area contributed by atoms with Gasteiger partial charge in [0.1, 0.15) is 17.7 Å². The molecule has 4 rings (SSSR count). The van der Waals surface area contributed by atoms with Crippen LogP contribution in [0.25, 0.3) is 0 Å². The third-order valence-corrected chi connectivity index (χ3v) is 5.71. The molecule has 0 unspecified atom stereocenters. The molecule has 0 radical (unpaired) electrons. The minimum atomic E-state index is -0.875. The fraction of sp³-hybridized carbons (Fsp3) is 0.609. The van der Waals surface area contributed by atoms with E-state index in [9.17, 15) is 14.4 Å². The highest BCUT2D eigenvalue weighted by Crippen LogP contribution is 2.40. The van der Waals surface area contributed by atoms with Gasteiger partial charge in [0.05, 0.1) is 33.4 Å². The molecule has 3 aliphatic heterocycles. The number of hydrogen-bond donors (Lipinski definition) is 0. The topological polar surface area (TPSA) is 104 Å². The van der Waals surface area contributed by atoms with Crippen LogP contribution in [0.2, 0.25) is 0 Å². The van der Waals surface area contributed by atoms with Gasteiger partial charge in [0, 0.05) is 24.9 Å². The minimum absolute atomic E-state index is 0.0492. The molecule has 10 nitrogen and oxygen atoms in total. The molecule has 3 aliphatic rings. The quantitative estimate of drug-likeness (QED) is 0.488. The summed E-state index contributed by atoms with van der Waals surface area (Å²) in [6.07, 6.45) is -0.884. The average Bonchev–Trinajstić information content (AvgIpc) is 3.30. The van der Waals surface area contributed by atoms with Crippen LogP contribution in [0, 0.1) is 0 Å². The lowest BCUT2D eigenvalue weighted by atomic mass is 10.1. The molecule has 0 bridgehead atoms. The summed E-state index contributed by atoms with van der Waals surface area (Å²) in [6.45, 7) is 7.15. The summed E-state index contributed by atoms with van der Waals surface area (Å²) >= 11 is 0. The van der Waals surface area contributed by atoms with Crippen LogP contribution in [0.4, 0.5) is 9.59 Å². The van der Waals surface area contributed by atoms with Gasteiger partial charge in [-0.05, 0) is 32.4 Å². The van der Waals surface area contributed by atoms with Crippen molar-refractivity contribution in [3.63, 3.8) is 0 Å². The van der Waals surface area contributed by atoms with Gasteiger partial charge in [-0.3, -0.25) is 9.80 Å². The van der Waals surface area contributed by atoms with Gasteiger partial charge in [-0.1, -0.05) is 6.07 Å². The summed E-state index contributed by atoms with van der Waals surface area (Å²) in [5, 5.41) is 0. The molecule has 0 saturated carbocycles. The van der Waals surface area contributed by atoms with E-state index in [4.69, 9.17) is 23.7 Å². The van der Waals surface area contributed by atoms with E-state index < -0.39 is 35.9 Å². The van der Waals surface area contributed by atoms with Crippen LogP contribution in [0.5, 0.6) is 11.5 Å². The lowest BCUT2D eigenvalue weighted by Gasteiger charge is -2.27. The number of benzene rings is 1. The van der Waals surface area contributed by atoms with Crippen LogP contribution in [0.15, 0.2) is 12.1 Å². The molecule has 1 aromatic rings. The van der Waals surface area contributed by atoms with Gasteiger partial charge in [0.2, 0.25) is 0 Å². The first-order valence-electron chi connectivity index (χ1n) is 11.1. The third-order valence-electron chi connectivity index (χ3n) is 5.71. The predicted octanol–water partition coefficient (Wildman–Crippen LogP) is 2.85. The number of likely N-dealkylation sites (tertiary alicyclic amines) is 1. The van der Waals surface area contributed by atoms with Crippen molar-refractivity contribution in [2.24, 2.45) is 0 Å². The normalized spacial score (nSPS) is 21.8. The fourth-order valence-electron chi connectivity index (χ4n) is 4.22. The van der Waals surface area contributed by atoms with Gasteiger partial charge in [0.25, 0.3) is 0 Å². The summed E-state index contributed by atoms with van der Waals surface area (Å²) in [4.78, 5) is 40.6. The Balaban J connectivity index is 1.42. The Labute approximate surface area is 192 Å². The summed E-state index contributed by atoms with van der Waals surface area (Å²) in [6, 6.07) is 2.92. The van der Waals surface area contributed by atoms with Crippen LogP contribution >= 0.6 is 0 Å². The summed E-state index contributed by atoms with van der Waals surface area (Å²) in [5.41, 5.74) is 1.17. The highest BCUT2D eigenvalue weighted by molar-refractivity contribution is 5.82. The molecule has 1 aromatic carbocycles. The molecule has 1 fully saturated rings. The molecule has 3 heterocycles. The van der Waals surface area contributed by atoms with Crippen molar-refractivity contribution >= 4 is 18.2 Å². The first kappa shape index (κ1) is 23.0. The molecular weight excluding hydrogens is 432 g/mol. The summed E-state index contributed by atoms with van der Waals surface area (Å²) < 4.78 is 27.5. The standard InChI is InChI=1S/C23H30N2O8/c1-23(2,3)33-22(28)25-12-15(10-17(25)20(26)29-4)32-21(27)24-11-14-6-7-18-19(16(14)13-24)31-9-5-8-30-18/h6-7,15,17H,5,8-13H2,1-4H3/t15-,17+/m1/s1. The zero-order chi connectivity index (χ0) is 23.8. The lowest BCUT2D eigenvalue weighted by Crippen LogP contribution is -2.44. The Morgan fingerprint density at radius 2 is 1.82 bits per heavy atom. The maximum atomic E-state index is 12.9. The highest BCUT2D eigenvalue weighted by atomic mass is 16.6.